The molecular formula is C19H18FN3O3. The molecule has 6 nitrogen and oxygen atoms in total. The van der Waals surface area contributed by atoms with Crippen LogP contribution in [0.3, 0.4) is 0 Å². The topological polar surface area (TPSA) is 77.2 Å². The molecule has 2 aromatic heterocycles. The van der Waals surface area contributed by atoms with Gasteiger partial charge in [0.25, 0.3) is 5.91 Å². The lowest BCUT2D eigenvalue weighted by Crippen LogP contribution is -2.28. The van der Waals surface area contributed by atoms with Crippen LogP contribution in [-0.4, -0.2) is 15.9 Å². The highest BCUT2D eigenvalue weighted by Gasteiger charge is 2.17. The predicted octanol–water partition coefficient (Wildman–Crippen LogP) is 3.59. The van der Waals surface area contributed by atoms with E-state index in [1.807, 2.05) is 26.0 Å². The monoisotopic (exact) mass is 355 g/mol. The number of pyridine rings is 1. The van der Waals surface area contributed by atoms with E-state index in [1.54, 1.807) is 18.3 Å². The number of halogens is 1. The van der Waals surface area contributed by atoms with Crippen molar-refractivity contribution in [3.8, 4) is 5.75 Å². The van der Waals surface area contributed by atoms with Crippen LogP contribution in [0.25, 0.3) is 0 Å². The van der Waals surface area contributed by atoms with Crippen molar-refractivity contribution in [3.63, 3.8) is 0 Å². The number of oxazole rings is 1. The number of benzene rings is 1. The average Bonchev–Trinajstić information content (AvgIpc) is 3.09. The number of hydrogen-bond acceptors (Lipinski definition) is 5. The number of carbonyl (C=O) groups excluding carboxylic acids is 1. The molecule has 0 fully saturated rings. The van der Waals surface area contributed by atoms with Crippen molar-refractivity contribution in [1.29, 1.82) is 0 Å². The van der Waals surface area contributed by atoms with Crippen LogP contribution in [-0.2, 0) is 6.61 Å². The molecule has 0 unspecified atom stereocenters. The SMILES string of the molecule is Cc1cccnc1[C@H](C)NC(=O)c1coc(COc2cccc(F)c2)n1. The molecule has 134 valence electrons. The smallest absolute Gasteiger partial charge is 0.273 e. The van der Waals surface area contributed by atoms with Gasteiger partial charge in [-0.05, 0) is 37.6 Å². The molecule has 1 atom stereocenters. The standard InChI is InChI=1S/C19H18FN3O3/c1-12-5-4-8-21-18(12)13(2)22-19(24)16-10-26-17(23-16)11-25-15-7-3-6-14(20)9-15/h3-10,13H,11H2,1-2H3,(H,22,24)/t13-/m0/s1. The Morgan fingerprint density at radius 1 is 1.35 bits per heavy atom. The molecule has 0 spiro atoms. The molecule has 1 N–H and O–H groups in total. The van der Waals surface area contributed by atoms with E-state index in [0.29, 0.717) is 5.75 Å². The lowest BCUT2D eigenvalue weighted by Gasteiger charge is -2.14. The van der Waals surface area contributed by atoms with Crippen LogP contribution in [0.15, 0.2) is 53.3 Å². The fourth-order valence-corrected chi connectivity index (χ4v) is 2.47. The first-order valence-corrected chi connectivity index (χ1v) is 8.08. The van der Waals surface area contributed by atoms with Crippen molar-refractivity contribution >= 4 is 5.91 Å². The van der Waals surface area contributed by atoms with Gasteiger partial charge in [-0.3, -0.25) is 9.78 Å². The fourth-order valence-electron chi connectivity index (χ4n) is 2.47. The molecule has 26 heavy (non-hydrogen) atoms. The molecule has 3 aromatic rings. The Morgan fingerprint density at radius 3 is 2.96 bits per heavy atom. The van der Waals surface area contributed by atoms with Crippen LogP contribution in [0.5, 0.6) is 5.75 Å². The Morgan fingerprint density at radius 2 is 2.19 bits per heavy atom. The lowest BCUT2D eigenvalue weighted by molar-refractivity contribution is 0.0934. The highest BCUT2D eigenvalue weighted by molar-refractivity contribution is 5.92. The van der Waals surface area contributed by atoms with E-state index in [1.165, 1.54) is 18.4 Å². The summed E-state index contributed by atoms with van der Waals surface area (Å²) in [7, 11) is 0. The van der Waals surface area contributed by atoms with Gasteiger partial charge in [0.05, 0.1) is 11.7 Å². The van der Waals surface area contributed by atoms with Gasteiger partial charge in [0.1, 0.15) is 17.8 Å². The molecule has 0 aliphatic heterocycles. The van der Waals surface area contributed by atoms with Crippen molar-refractivity contribution < 1.29 is 18.3 Å². The number of aromatic nitrogens is 2. The van der Waals surface area contributed by atoms with E-state index in [-0.39, 0.29) is 30.1 Å². The second kappa shape index (κ2) is 7.77. The first-order chi connectivity index (χ1) is 12.5. The molecular weight excluding hydrogens is 337 g/mol. The summed E-state index contributed by atoms with van der Waals surface area (Å²) in [5, 5.41) is 2.83. The van der Waals surface area contributed by atoms with Crippen LogP contribution in [0.4, 0.5) is 4.39 Å². The maximum atomic E-state index is 13.1. The summed E-state index contributed by atoms with van der Waals surface area (Å²) in [5.41, 5.74) is 1.92. The zero-order valence-corrected chi connectivity index (χ0v) is 14.4. The number of nitrogens with one attached hydrogen (secondary N) is 1. The Balaban J connectivity index is 1.60. The van der Waals surface area contributed by atoms with Crippen LogP contribution in [0.1, 0.15) is 40.6 Å². The van der Waals surface area contributed by atoms with Crippen LogP contribution < -0.4 is 10.1 Å². The largest absolute Gasteiger partial charge is 0.484 e. The molecule has 2 heterocycles. The second-order valence-corrected chi connectivity index (χ2v) is 5.77. The van der Waals surface area contributed by atoms with Crippen LogP contribution >= 0.6 is 0 Å². The molecule has 1 amide bonds. The van der Waals surface area contributed by atoms with E-state index in [2.05, 4.69) is 15.3 Å². The number of aryl methyl sites for hydroxylation is 1. The Bertz CT molecular complexity index is 910. The first kappa shape index (κ1) is 17.6. The summed E-state index contributed by atoms with van der Waals surface area (Å²) in [4.78, 5) is 20.7. The van der Waals surface area contributed by atoms with Crippen molar-refractivity contribution in [1.82, 2.24) is 15.3 Å². The summed E-state index contributed by atoms with van der Waals surface area (Å²) < 4.78 is 23.8. The third kappa shape index (κ3) is 4.24. The molecule has 3 rings (SSSR count). The third-order valence-corrected chi connectivity index (χ3v) is 3.75. The number of rotatable bonds is 6. The minimum Gasteiger partial charge on any atom is -0.484 e. The molecule has 0 radical (unpaired) electrons. The Labute approximate surface area is 150 Å². The number of nitrogens with zero attached hydrogens (tertiary/aromatic N) is 2. The van der Waals surface area contributed by atoms with Gasteiger partial charge >= 0.3 is 0 Å². The van der Waals surface area contributed by atoms with E-state index in [0.717, 1.165) is 11.3 Å². The number of hydrogen-bond donors (Lipinski definition) is 1. The van der Waals surface area contributed by atoms with Crippen LogP contribution in [0, 0.1) is 12.7 Å². The Hall–Kier alpha value is -3.22. The zero-order valence-electron chi connectivity index (χ0n) is 14.4. The number of carbonyl (C=O) groups is 1. The predicted molar refractivity (Wildman–Crippen MR) is 92.1 cm³/mol. The lowest BCUT2D eigenvalue weighted by atomic mass is 10.1. The normalized spacial score (nSPS) is 11.8. The van der Waals surface area contributed by atoms with Crippen molar-refractivity contribution in [2.45, 2.75) is 26.5 Å². The van der Waals surface area contributed by atoms with Crippen molar-refractivity contribution in [3.05, 3.63) is 77.5 Å². The van der Waals surface area contributed by atoms with Crippen molar-refractivity contribution in [2.75, 3.05) is 0 Å². The van der Waals surface area contributed by atoms with Gasteiger partial charge in [-0.2, -0.15) is 0 Å². The van der Waals surface area contributed by atoms with Gasteiger partial charge in [-0.1, -0.05) is 12.1 Å². The Kier molecular flexibility index (Phi) is 5.26. The second-order valence-electron chi connectivity index (χ2n) is 5.77. The summed E-state index contributed by atoms with van der Waals surface area (Å²) in [5.74, 6) is -0.188. The minimum atomic E-state index is -0.395. The average molecular weight is 355 g/mol. The zero-order chi connectivity index (χ0) is 18.5. The van der Waals surface area contributed by atoms with E-state index >= 15 is 0 Å². The van der Waals surface area contributed by atoms with Gasteiger partial charge < -0.3 is 14.5 Å². The molecule has 0 bridgehead atoms. The van der Waals surface area contributed by atoms with Gasteiger partial charge in [0.15, 0.2) is 12.3 Å². The van der Waals surface area contributed by atoms with Gasteiger partial charge in [-0.25, -0.2) is 9.37 Å². The number of amides is 1. The van der Waals surface area contributed by atoms with Gasteiger partial charge in [0, 0.05) is 12.3 Å². The van der Waals surface area contributed by atoms with Gasteiger partial charge in [0.2, 0.25) is 5.89 Å². The molecule has 0 saturated carbocycles. The number of ether oxygens (including phenoxy) is 1. The summed E-state index contributed by atoms with van der Waals surface area (Å²) in [6.07, 6.45) is 2.94. The maximum Gasteiger partial charge on any atom is 0.273 e. The van der Waals surface area contributed by atoms with E-state index in [9.17, 15) is 9.18 Å². The molecule has 0 saturated heterocycles. The highest BCUT2D eigenvalue weighted by Crippen LogP contribution is 2.16. The minimum absolute atomic E-state index is 0.00830. The van der Waals surface area contributed by atoms with E-state index in [4.69, 9.17) is 9.15 Å². The summed E-state index contributed by atoms with van der Waals surface area (Å²) in [6.45, 7) is 3.77. The molecule has 7 heteroatoms. The third-order valence-electron chi connectivity index (χ3n) is 3.75. The molecule has 0 aliphatic carbocycles. The van der Waals surface area contributed by atoms with E-state index < -0.39 is 5.82 Å². The summed E-state index contributed by atoms with van der Waals surface area (Å²) in [6, 6.07) is 9.25. The highest BCUT2D eigenvalue weighted by atomic mass is 19.1. The molecule has 0 aliphatic rings. The van der Waals surface area contributed by atoms with Crippen molar-refractivity contribution in [2.24, 2.45) is 0 Å². The van der Waals surface area contributed by atoms with Crippen LogP contribution in [0.2, 0.25) is 0 Å². The van der Waals surface area contributed by atoms with Gasteiger partial charge in [-0.15, -0.1) is 0 Å². The summed E-state index contributed by atoms with van der Waals surface area (Å²) >= 11 is 0. The molecule has 1 aromatic carbocycles. The fraction of sp³-hybridized carbons (Fsp3) is 0.211. The first-order valence-electron chi connectivity index (χ1n) is 8.08. The maximum absolute atomic E-state index is 13.1. The quantitative estimate of drug-likeness (QED) is 0.731.